The molecule has 0 heterocycles. The first-order chi connectivity index (χ1) is 14.2. The highest BCUT2D eigenvalue weighted by molar-refractivity contribution is 6.74. The number of hydrogen-bond donors (Lipinski definition) is 0. The Hall–Kier alpha value is -0.413. The number of carbonyl (C=O) groups excluding carboxylic acids is 1. The number of ketones is 1. The molecule has 5 unspecified atom stereocenters. The minimum absolute atomic E-state index is 0.233. The number of hydrogen-bond acceptors (Lipinski definition) is 2. The van der Waals surface area contributed by atoms with Crippen LogP contribution in [0.3, 0.4) is 0 Å². The maximum absolute atomic E-state index is 12.5. The molecule has 0 aromatic carbocycles. The third kappa shape index (κ3) is 3.65. The Labute approximate surface area is 193 Å². The molecule has 176 valence electrons. The van der Waals surface area contributed by atoms with E-state index >= 15 is 0 Å². The lowest BCUT2D eigenvalue weighted by Crippen LogP contribution is -2.52. The molecule has 3 fully saturated rings. The van der Waals surface area contributed by atoms with Crippen LogP contribution in [0.25, 0.3) is 0 Å². The van der Waals surface area contributed by atoms with Gasteiger partial charge in [0.25, 0.3) is 0 Å². The summed E-state index contributed by atoms with van der Waals surface area (Å²) in [6.45, 7) is 21.2. The minimum atomic E-state index is -1.72. The molecule has 4 aliphatic rings. The molecule has 8 atom stereocenters. The second-order valence-corrected chi connectivity index (χ2v) is 18.6. The van der Waals surface area contributed by atoms with E-state index in [0.717, 1.165) is 30.6 Å². The van der Waals surface area contributed by atoms with Gasteiger partial charge in [0, 0.05) is 12.0 Å². The SMILES string of the molecule is CC(=O)C1CC(C)C2C3CC=C4C[C@@H](O[Si](C)(C)C(C)(C)C)CC[C@]4(C)C3CC[C@]12C. The molecule has 0 aliphatic heterocycles. The Morgan fingerprint density at radius 3 is 2.45 bits per heavy atom. The van der Waals surface area contributed by atoms with E-state index in [1.54, 1.807) is 5.57 Å². The summed E-state index contributed by atoms with van der Waals surface area (Å²) in [6, 6.07) is 0. The van der Waals surface area contributed by atoms with E-state index in [1.165, 1.54) is 32.1 Å². The van der Waals surface area contributed by atoms with Crippen LogP contribution in [0.5, 0.6) is 0 Å². The van der Waals surface area contributed by atoms with Crippen molar-refractivity contribution >= 4 is 14.1 Å². The largest absolute Gasteiger partial charge is 0.414 e. The van der Waals surface area contributed by atoms with Gasteiger partial charge in [0.05, 0.1) is 0 Å². The van der Waals surface area contributed by atoms with Crippen LogP contribution in [0.1, 0.15) is 93.4 Å². The Bertz CT molecular complexity index is 761. The van der Waals surface area contributed by atoms with Crippen LogP contribution in [0.2, 0.25) is 18.1 Å². The fraction of sp³-hybridized carbons (Fsp3) is 0.893. The van der Waals surface area contributed by atoms with E-state index in [1.807, 2.05) is 6.92 Å². The molecule has 0 saturated heterocycles. The molecule has 0 amide bonds. The molecular formula is C28H48O2Si. The molecule has 0 radical (unpaired) electrons. The zero-order valence-electron chi connectivity index (χ0n) is 21.8. The van der Waals surface area contributed by atoms with Crippen molar-refractivity contribution in [3.8, 4) is 0 Å². The first kappa shape index (κ1) is 23.7. The molecule has 0 N–H and O–H groups in total. The summed E-state index contributed by atoms with van der Waals surface area (Å²) in [7, 11) is -1.72. The van der Waals surface area contributed by atoms with E-state index in [9.17, 15) is 4.79 Å². The predicted molar refractivity (Wildman–Crippen MR) is 132 cm³/mol. The lowest BCUT2D eigenvalue weighted by atomic mass is 9.46. The van der Waals surface area contributed by atoms with Gasteiger partial charge in [-0.25, -0.2) is 0 Å². The minimum Gasteiger partial charge on any atom is -0.414 e. The van der Waals surface area contributed by atoms with Crippen molar-refractivity contribution < 1.29 is 9.22 Å². The molecule has 31 heavy (non-hydrogen) atoms. The maximum atomic E-state index is 12.5. The first-order valence-corrected chi connectivity index (χ1v) is 16.0. The molecule has 4 aliphatic carbocycles. The lowest BCUT2D eigenvalue weighted by molar-refractivity contribution is -0.127. The van der Waals surface area contributed by atoms with Crippen LogP contribution in [0.4, 0.5) is 0 Å². The molecular weight excluding hydrogens is 396 g/mol. The van der Waals surface area contributed by atoms with Crippen molar-refractivity contribution in [2.75, 3.05) is 0 Å². The summed E-state index contributed by atoms with van der Waals surface area (Å²) in [5.41, 5.74) is 2.29. The van der Waals surface area contributed by atoms with E-state index in [4.69, 9.17) is 4.43 Å². The number of Topliss-reactive ketones (excluding diaryl/α,β-unsaturated/α-hetero) is 1. The molecule has 0 aromatic heterocycles. The topological polar surface area (TPSA) is 26.3 Å². The fourth-order valence-electron chi connectivity index (χ4n) is 8.50. The second-order valence-electron chi connectivity index (χ2n) is 13.8. The Balaban J connectivity index is 1.56. The van der Waals surface area contributed by atoms with Crippen LogP contribution in [0, 0.1) is 40.4 Å². The molecule has 3 heteroatoms. The Kier molecular flexibility index (Phi) is 5.78. The fourth-order valence-corrected chi connectivity index (χ4v) is 9.89. The highest BCUT2D eigenvalue weighted by Gasteiger charge is 2.61. The standard InChI is InChI=1S/C28H48O2Si/c1-18-16-24(19(2)29)28(7)15-13-23-22(25(18)28)11-10-20-17-21(12-14-27(20,23)6)30-31(8,9)26(3,4)5/h10,18,21-25H,11-17H2,1-9H3/t18?,21-,22?,23?,24?,25?,27-,28+/m0/s1. The highest BCUT2D eigenvalue weighted by Crippen LogP contribution is 2.67. The first-order valence-electron chi connectivity index (χ1n) is 13.1. The number of allylic oxidation sites excluding steroid dienone is 1. The van der Waals surface area contributed by atoms with Gasteiger partial charge in [-0.2, -0.15) is 0 Å². The molecule has 0 aromatic rings. The lowest BCUT2D eigenvalue weighted by Gasteiger charge is -2.59. The molecule has 0 bridgehead atoms. The van der Waals surface area contributed by atoms with Gasteiger partial charge < -0.3 is 4.43 Å². The van der Waals surface area contributed by atoms with Gasteiger partial charge in [-0.3, -0.25) is 4.79 Å². The molecule has 3 saturated carbocycles. The summed E-state index contributed by atoms with van der Waals surface area (Å²) in [4.78, 5) is 12.5. The van der Waals surface area contributed by atoms with Crippen LogP contribution >= 0.6 is 0 Å². The predicted octanol–water partition coefficient (Wildman–Crippen LogP) is 7.79. The van der Waals surface area contributed by atoms with Crippen molar-refractivity contribution in [2.24, 2.45) is 40.4 Å². The highest BCUT2D eigenvalue weighted by atomic mass is 28.4. The van der Waals surface area contributed by atoms with Crippen molar-refractivity contribution in [1.29, 1.82) is 0 Å². The van der Waals surface area contributed by atoms with Gasteiger partial charge in [-0.1, -0.05) is 53.2 Å². The van der Waals surface area contributed by atoms with Gasteiger partial charge in [0.2, 0.25) is 0 Å². The summed E-state index contributed by atoms with van der Waals surface area (Å²) in [6.07, 6.45) is 11.6. The summed E-state index contributed by atoms with van der Waals surface area (Å²) in [5, 5.41) is 0.277. The van der Waals surface area contributed by atoms with Crippen molar-refractivity contribution in [3.05, 3.63) is 11.6 Å². The van der Waals surface area contributed by atoms with E-state index in [0.29, 0.717) is 29.1 Å². The maximum Gasteiger partial charge on any atom is 0.192 e. The van der Waals surface area contributed by atoms with Crippen LogP contribution in [-0.2, 0) is 9.22 Å². The third-order valence-corrected chi connectivity index (χ3v) is 15.7. The van der Waals surface area contributed by atoms with Crippen molar-refractivity contribution in [2.45, 2.75) is 118 Å². The van der Waals surface area contributed by atoms with Crippen LogP contribution in [0.15, 0.2) is 11.6 Å². The van der Waals surface area contributed by atoms with Crippen molar-refractivity contribution in [1.82, 2.24) is 0 Å². The monoisotopic (exact) mass is 444 g/mol. The van der Waals surface area contributed by atoms with Gasteiger partial charge in [-0.05, 0) is 105 Å². The van der Waals surface area contributed by atoms with E-state index in [2.05, 4.69) is 60.7 Å². The third-order valence-electron chi connectivity index (χ3n) is 11.1. The normalized spacial score (nSPS) is 45.4. The van der Waals surface area contributed by atoms with E-state index < -0.39 is 8.32 Å². The van der Waals surface area contributed by atoms with Gasteiger partial charge in [0.15, 0.2) is 8.32 Å². The van der Waals surface area contributed by atoms with Gasteiger partial charge >= 0.3 is 0 Å². The number of fused-ring (bicyclic) bond motifs is 5. The van der Waals surface area contributed by atoms with Crippen LogP contribution < -0.4 is 0 Å². The number of carbonyl (C=O) groups is 1. The Morgan fingerprint density at radius 1 is 1.16 bits per heavy atom. The van der Waals surface area contributed by atoms with Gasteiger partial charge in [0.1, 0.15) is 5.78 Å². The number of rotatable bonds is 3. The van der Waals surface area contributed by atoms with Crippen LogP contribution in [-0.4, -0.2) is 20.2 Å². The second kappa shape index (κ2) is 7.55. The average Bonchev–Trinajstić information content (AvgIpc) is 2.92. The average molecular weight is 445 g/mol. The summed E-state index contributed by atoms with van der Waals surface area (Å²) < 4.78 is 6.88. The molecule has 4 rings (SSSR count). The smallest absolute Gasteiger partial charge is 0.192 e. The van der Waals surface area contributed by atoms with Gasteiger partial charge in [-0.15, -0.1) is 0 Å². The Morgan fingerprint density at radius 2 is 1.84 bits per heavy atom. The summed E-state index contributed by atoms with van der Waals surface area (Å²) >= 11 is 0. The quantitative estimate of drug-likeness (QED) is 0.328. The van der Waals surface area contributed by atoms with Crippen molar-refractivity contribution in [3.63, 3.8) is 0 Å². The summed E-state index contributed by atoms with van der Waals surface area (Å²) in [5.74, 6) is 3.70. The zero-order chi connectivity index (χ0) is 23.0. The molecule has 2 nitrogen and oxygen atoms in total. The van der Waals surface area contributed by atoms with E-state index in [-0.39, 0.29) is 10.5 Å². The molecule has 0 spiro atoms. The zero-order valence-corrected chi connectivity index (χ0v) is 22.8.